The molecule has 120 valence electrons. The summed E-state index contributed by atoms with van der Waals surface area (Å²) in [6.45, 7) is 2.46. The van der Waals surface area contributed by atoms with Crippen LogP contribution in [0.3, 0.4) is 0 Å². The van der Waals surface area contributed by atoms with E-state index >= 15 is 0 Å². The molecule has 2 rings (SSSR count). The van der Waals surface area contributed by atoms with E-state index in [2.05, 4.69) is 0 Å². The van der Waals surface area contributed by atoms with Crippen LogP contribution < -0.4 is 0 Å². The first-order valence-corrected chi connectivity index (χ1v) is 7.65. The van der Waals surface area contributed by atoms with Crippen molar-refractivity contribution < 1.29 is 19.4 Å². The van der Waals surface area contributed by atoms with E-state index in [1.165, 1.54) is 7.11 Å². The number of carboxylic acid groups (broad SMARTS) is 1. The maximum Gasteiger partial charge on any atom is 0.308 e. The van der Waals surface area contributed by atoms with Gasteiger partial charge >= 0.3 is 5.97 Å². The number of nitrogens with zero attached hydrogens (tertiary/aromatic N) is 1. The zero-order valence-corrected chi connectivity index (χ0v) is 13.4. The molecule has 1 heterocycles. The van der Waals surface area contributed by atoms with Crippen LogP contribution in [0.2, 0.25) is 5.02 Å². The molecule has 1 fully saturated rings. The molecule has 22 heavy (non-hydrogen) atoms. The summed E-state index contributed by atoms with van der Waals surface area (Å²) in [7, 11) is 1.49. The zero-order chi connectivity index (χ0) is 16.3. The highest BCUT2D eigenvalue weighted by atomic mass is 35.5. The molecular weight excluding hydrogens is 306 g/mol. The second-order valence-electron chi connectivity index (χ2n) is 5.48. The Labute approximate surface area is 134 Å². The summed E-state index contributed by atoms with van der Waals surface area (Å²) < 4.78 is 5.17. The molecule has 6 heteroatoms. The third kappa shape index (κ3) is 3.42. The summed E-state index contributed by atoms with van der Waals surface area (Å²) in [5, 5.41) is 10.1. The highest BCUT2D eigenvalue weighted by Crippen LogP contribution is 2.34. The van der Waals surface area contributed by atoms with Crippen molar-refractivity contribution in [2.45, 2.75) is 25.4 Å². The standard InChI is InChI=1S/C16H20ClNO4/c1-3-14(22-2)15(19)18-8-12(13(9-18)16(20)21)10-4-6-11(17)7-5-10/h4-7,12-14H,3,8-9H2,1-2H3,(H,20,21)/t12-,13+,14?/m0/s1. The monoisotopic (exact) mass is 325 g/mol. The summed E-state index contributed by atoms with van der Waals surface area (Å²) in [6, 6.07) is 7.13. The highest BCUT2D eigenvalue weighted by molar-refractivity contribution is 6.30. The first-order chi connectivity index (χ1) is 10.5. The van der Waals surface area contributed by atoms with Gasteiger partial charge in [0.1, 0.15) is 6.10 Å². The molecule has 1 amide bonds. The topological polar surface area (TPSA) is 66.8 Å². The first kappa shape index (κ1) is 16.8. The molecule has 0 spiro atoms. The molecule has 1 aromatic carbocycles. The van der Waals surface area contributed by atoms with Crippen molar-refractivity contribution in [3.63, 3.8) is 0 Å². The minimum Gasteiger partial charge on any atom is -0.481 e. The predicted octanol–water partition coefficient (Wildman–Crippen LogP) is 2.39. The predicted molar refractivity (Wildman–Crippen MR) is 83.0 cm³/mol. The number of amides is 1. The van der Waals surface area contributed by atoms with Crippen molar-refractivity contribution in [3.05, 3.63) is 34.9 Å². The Bertz CT molecular complexity index is 542. The fourth-order valence-corrected chi connectivity index (χ4v) is 3.05. The lowest BCUT2D eigenvalue weighted by atomic mass is 9.89. The van der Waals surface area contributed by atoms with E-state index in [0.29, 0.717) is 18.0 Å². The number of carbonyl (C=O) groups excluding carboxylic acids is 1. The number of carboxylic acids is 1. The van der Waals surface area contributed by atoms with Crippen molar-refractivity contribution >= 4 is 23.5 Å². The Hall–Kier alpha value is -1.59. The number of ether oxygens (including phenoxy) is 1. The van der Waals surface area contributed by atoms with Gasteiger partial charge < -0.3 is 14.7 Å². The fraction of sp³-hybridized carbons (Fsp3) is 0.500. The van der Waals surface area contributed by atoms with Gasteiger partial charge in [0.2, 0.25) is 0 Å². The number of likely N-dealkylation sites (tertiary alicyclic amines) is 1. The molecule has 5 nitrogen and oxygen atoms in total. The van der Waals surface area contributed by atoms with Crippen LogP contribution in [0.4, 0.5) is 0 Å². The summed E-state index contributed by atoms with van der Waals surface area (Å²) in [5.41, 5.74) is 0.887. The number of methoxy groups -OCH3 is 1. The maximum atomic E-state index is 12.4. The van der Waals surface area contributed by atoms with Crippen molar-refractivity contribution in [3.8, 4) is 0 Å². The number of halogens is 1. The number of benzene rings is 1. The zero-order valence-electron chi connectivity index (χ0n) is 12.7. The fourth-order valence-electron chi connectivity index (χ4n) is 2.93. The van der Waals surface area contributed by atoms with Crippen LogP contribution in [0.25, 0.3) is 0 Å². The summed E-state index contributed by atoms with van der Waals surface area (Å²) in [5.74, 6) is -1.87. The van der Waals surface area contributed by atoms with E-state index in [1.54, 1.807) is 17.0 Å². The third-order valence-corrected chi connectivity index (χ3v) is 4.43. The minimum atomic E-state index is -0.888. The van der Waals surface area contributed by atoms with Crippen LogP contribution in [0.1, 0.15) is 24.8 Å². The van der Waals surface area contributed by atoms with Gasteiger partial charge in [-0.25, -0.2) is 0 Å². The van der Waals surface area contributed by atoms with Crippen LogP contribution in [0, 0.1) is 5.92 Å². The van der Waals surface area contributed by atoms with Crippen LogP contribution in [0.15, 0.2) is 24.3 Å². The lowest BCUT2D eigenvalue weighted by Gasteiger charge is -2.21. The Balaban J connectivity index is 2.21. The number of hydrogen-bond acceptors (Lipinski definition) is 3. The molecule has 1 unspecified atom stereocenters. The van der Waals surface area contributed by atoms with Crippen LogP contribution in [0.5, 0.6) is 0 Å². The Morgan fingerprint density at radius 1 is 1.36 bits per heavy atom. The Morgan fingerprint density at radius 2 is 2.00 bits per heavy atom. The first-order valence-electron chi connectivity index (χ1n) is 7.27. The van der Waals surface area contributed by atoms with E-state index in [0.717, 1.165) is 5.56 Å². The lowest BCUT2D eigenvalue weighted by molar-refractivity contribution is -0.143. The van der Waals surface area contributed by atoms with Crippen molar-refractivity contribution in [2.75, 3.05) is 20.2 Å². The average Bonchev–Trinajstić information content (AvgIpc) is 2.94. The second kappa shape index (κ2) is 7.11. The Morgan fingerprint density at radius 3 is 2.50 bits per heavy atom. The highest BCUT2D eigenvalue weighted by Gasteiger charge is 2.41. The number of rotatable bonds is 5. The van der Waals surface area contributed by atoms with Gasteiger partial charge in [0.05, 0.1) is 5.92 Å². The average molecular weight is 326 g/mol. The van der Waals surface area contributed by atoms with E-state index in [1.807, 2.05) is 19.1 Å². The molecule has 1 aliphatic heterocycles. The van der Waals surface area contributed by atoms with Gasteiger partial charge in [0.15, 0.2) is 0 Å². The Kier molecular flexibility index (Phi) is 5.42. The molecule has 0 aliphatic carbocycles. The number of carbonyl (C=O) groups is 2. The van der Waals surface area contributed by atoms with Gasteiger partial charge in [-0.15, -0.1) is 0 Å². The van der Waals surface area contributed by atoms with E-state index in [4.69, 9.17) is 16.3 Å². The maximum absolute atomic E-state index is 12.4. The molecule has 1 aliphatic rings. The molecule has 0 aromatic heterocycles. The second-order valence-corrected chi connectivity index (χ2v) is 5.92. The van der Waals surface area contributed by atoms with Crippen molar-refractivity contribution in [1.82, 2.24) is 4.90 Å². The van der Waals surface area contributed by atoms with Gasteiger partial charge in [-0.2, -0.15) is 0 Å². The van der Waals surface area contributed by atoms with Gasteiger partial charge in [-0.1, -0.05) is 30.7 Å². The van der Waals surface area contributed by atoms with Gasteiger partial charge in [0.25, 0.3) is 5.91 Å². The molecule has 1 N–H and O–H groups in total. The summed E-state index contributed by atoms with van der Waals surface area (Å²) in [4.78, 5) is 25.5. The normalized spacial score (nSPS) is 22.6. The largest absolute Gasteiger partial charge is 0.481 e. The van der Waals surface area contributed by atoms with E-state index in [9.17, 15) is 14.7 Å². The van der Waals surface area contributed by atoms with Gasteiger partial charge in [-0.3, -0.25) is 9.59 Å². The molecule has 1 aromatic rings. The smallest absolute Gasteiger partial charge is 0.308 e. The molecule has 0 bridgehead atoms. The third-order valence-electron chi connectivity index (χ3n) is 4.18. The van der Waals surface area contributed by atoms with Gasteiger partial charge in [0, 0.05) is 31.1 Å². The van der Waals surface area contributed by atoms with Gasteiger partial charge in [-0.05, 0) is 24.1 Å². The minimum absolute atomic E-state index is 0.146. The molecular formula is C16H20ClNO4. The van der Waals surface area contributed by atoms with Crippen molar-refractivity contribution in [1.29, 1.82) is 0 Å². The SMILES string of the molecule is CCC(OC)C(=O)N1C[C@@H](C(=O)O)[C@H](c2ccc(Cl)cc2)C1. The molecule has 1 saturated heterocycles. The molecule has 0 radical (unpaired) electrons. The lowest BCUT2D eigenvalue weighted by Crippen LogP contribution is -2.38. The summed E-state index contributed by atoms with van der Waals surface area (Å²) >= 11 is 5.88. The molecule has 0 saturated carbocycles. The number of aliphatic carboxylic acids is 1. The molecule has 3 atom stereocenters. The van der Waals surface area contributed by atoms with Crippen LogP contribution in [-0.4, -0.2) is 48.2 Å². The number of hydrogen-bond donors (Lipinski definition) is 1. The van der Waals surface area contributed by atoms with E-state index < -0.39 is 18.0 Å². The van der Waals surface area contributed by atoms with Crippen LogP contribution >= 0.6 is 11.6 Å². The van der Waals surface area contributed by atoms with Crippen molar-refractivity contribution in [2.24, 2.45) is 5.92 Å². The van der Waals surface area contributed by atoms with Crippen LogP contribution in [-0.2, 0) is 14.3 Å². The van der Waals surface area contributed by atoms with E-state index in [-0.39, 0.29) is 18.4 Å². The quantitative estimate of drug-likeness (QED) is 0.902. The summed E-state index contributed by atoms with van der Waals surface area (Å²) in [6.07, 6.45) is 0.0493.